The fourth-order valence-corrected chi connectivity index (χ4v) is 4.14. The maximum Gasteiger partial charge on any atom is 0.330 e. The van der Waals surface area contributed by atoms with Gasteiger partial charge in [-0.3, -0.25) is 28.7 Å². The zero-order valence-electron chi connectivity index (χ0n) is 19.7. The van der Waals surface area contributed by atoms with Crippen molar-refractivity contribution >= 4 is 28.6 Å². The first kappa shape index (κ1) is 24.9. The molecule has 1 aromatic heterocycles. The van der Waals surface area contributed by atoms with E-state index in [2.05, 4.69) is 10.3 Å². The number of hydrogen-bond donors (Lipinski definition) is 2. The first-order chi connectivity index (χ1) is 17.2. The van der Waals surface area contributed by atoms with E-state index in [1.807, 2.05) is 42.5 Å². The van der Waals surface area contributed by atoms with Crippen molar-refractivity contribution in [1.29, 1.82) is 0 Å². The summed E-state index contributed by atoms with van der Waals surface area (Å²) in [5, 5.41) is 4.70. The van der Waals surface area contributed by atoms with Crippen LogP contribution in [0.4, 0.5) is 0 Å². The number of carbonyl (C=O) groups excluding carboxylic acids is 3. The summed E-state index contributed by atoms with van der Waals surface area (Å²) in [5.41, 5.74) is -1.07. The number of hydrogen-bond acceptors (Lipinski definition) is 8. The molecule has 0 unspecified atom stereocenters. The van der Waals surface area contributed by atoms with Crippen molar-refractivity contribution in [3.05, 3.63) is 80.6 Å². The largest absolute Gasteiger partial charge is 0.463 e. The minimum atomic E-state index is -0.969. The van der Waals surface area contributed by atoms with Crippen LogP contribution in [0.25, 0.3) is 10.8 Å². The maximum atomic E-state index is 12.9. The minimum Gasteiger partial charge on any atom is -0.463 e. The van der Waals surface area contributed by atoms with Crippen LogP contribution in [0, 0.1) is 0 Å². The second kappa shape index (κ2) is 10.6. The first-order valence-electron chi connectivity index (χ1n) is 11.3. The van der Waals surface area contributed by atoms with Crippen LogP contribution in [0.2, 0.25) is 0 Å². The first-order valence-corrected chi connectivity index (χ1v) is 11.3. The molecule has 188 valence electrons. The summed E-state index contributed by atoms with van der Waals surface area (Å²) < 4.78 is 17.1. The molecule has 11 heteroatoms. The van der Waals surface area contributed by atoms with E-state index >= 15 is 0 Å². The molecule has 0 bridgehead atoms. The van der Waals surface area contributed by atoms with Crippen LogP contribution in [0.5, 0.6) is 0 Å². The van der Waals surface area contributed by atoms with Crippen LogP contribution >= 0.6 is 0 Å². The van der Waals surface area contributed by atoms with Crippen molar-refractivity contribution in [3.63, 3.8) is 0 Å². The van der Waals surface area contributed by atoms with Gasteiger partial charge in [0, 0.05) is 33.0 Å². The molecule has 0 aliphatic carbocycles. The third kappa shape index (κ3) is 5.52. The molecule has 0 spiro atoms. The van der Waals surface area contributed by atoms with Crippen molar-refractivity contribution in [2.24, 2.45) is 0 Å². The number of carbonyl (C=O) groups is 3. The zero-order chi connectivity index (χ0) is 25.8. The molecule has 1 amide bonds. The molecular weight excluding hydrogens is 470 g/mol. The number of amides is 1. The summed E-state index contributed by atoms with van der Waals surface area (Å²) in [6, 6.07) is 13.4. The standard InChI is InChI=1S/C25H25N3O8/c1-14(29)34-13-21-20(35-15(2)30)10-22(36-21)28-12-19(24(32)27-25(28)33)23(31)26-11-17-8-5-7-16-6-3-4-9-18(16)17/h3-9,12,20-22H,10-11,13H2,1-2H3,(H,26,31)(H,27,32,33)/t20-,21+,22+/m0/s1. The summed E-state index contributed by atoms with van der Waals surface area (Å²) in [5.74, 6) is -1.79. The molecule has 2 N–H and O–H groups in total. The quantitative estimate of drug-likeness (QED) is 0.468. The molecule has 0 saturated carbocycles. The minimum absolute atomic E-state index is 0.0501. The molecule has 2 aromatic carbocycles. The highest BCUT2D eigenvalue weighted by Crippen LogP contribution is 2.30. The Hall–Kier alpha value is -4.25. The van der Waals surface area contributed by atoms with Gasteiger partial charge in [0.05, 0.1) is 0 Å². The Morgan fingerprint density at radius 3 is 2.58 bits per heavy atom. The Balaban J connectivity index is 1.54. The van der Waals surface area contributed by atoms with Crippen LogP contribution in [0.3, 0.4) is 0 Å². The lowest BCUT2D eigenvalue weighted by Crippen LogP contribution is -2.38. The number of aromatic amines is 1. The number of nitrogens with zero attached hydrogens (tertiary/aromatic N) is 1. The topological polar surface area (TPSA) is 146 Å². The van der Waals surface area contributed by atoms with Crippen molar-refractivity contribution in [2.45, 2.75) is 45.2 Å². The van der Waals surface area contributed by atoms with Gasteiger partial charge in [-0.25, -0.2) is 4.79 Å². The average molecular weight is 495 g/mol. The van der Waals surface area contributed by atoms with Gasteiger partial charge in [0.15, 0.2) is 0 Å². The fourth-order valence-electron chi connectivity index (χ4n) is 4.14. The van der Waals surface area contributed by atoms with E-state index in [1.165, 1.54) is 13.8 Å². The van der Waals surface area contributed by atoms with Crippen LogP contribution in [-0.4, -0.2) is 46.2 Å². The van der Waals surface area contributed by atoms with Crippen LogP contribution in [-0.2, 0) is 30.3 Å². The fraction of sp³-hybridized carbons (Fsp3) is 0.320. The molecule has 1 aliphatic rings. The summed E-state index contributed by atoms with van der Waals surface area (Å²) >= 11 is 0. The Kier molecular flexibility index (Phi) is 7.30. The van der Waals surface area contributed by atoms with Gasteiger partial charge in [-0.15, -0.1) is 0 Å². The van der Waals surface area contributed by atoms with E-state index in [0.29, 0.717) is 0 Å². The van der Waals surface area contributed by atoms with Gasteiger partial charge in [0.2, 0.25) is 0 Å². The number of ether oxygens (including phenoxy) is 3. The predicted octanol–water partition coefficient (Wildman–Crippen LogP) is 1.40. The van der Waals surface area contributed by atoms with Gasteiger partial charge >= 0.3 is 17.6 Å². The molecule has 36 heavy (non-hydrogen) atoms. The molecular formula is C25H25N3O8. The second-order valence-corrected chi connectivity index (χ2v) is 8.35. The van der Waals surface area contributed by atoms with Crippen molar-refractivity contribution in [3.8, 4) is 0 Å². The molecule has 2 heterocycles. The zero-order valence-corrected chi connectivity index (χ0v) is 19.7. The third-order valence-corrected chi connectivity index (χ3v) is 5.79. The normalized spacial score (nSPS) is 19.1. The highest BCUT2D eigenvalue weighted by atomic mass is 16.6. The number of H-pyrrole nitrogens is 1. The van der Waals surface area contributed by atoms with E-state index in [9.17, 15) is 24.0 Å². The molecule has 11 nitrogen and oxygen atoms in total. The van der Waals surface area contributed by atoms with Gasteiger partial charge in [-0.2, -0.15) is 0 Å². The van der Waals surface area contributed by atoms with Gasteiger partial charge in [-0.05, 0) is 16.3 Å². The van der Waals surface area contributed by atoms with Crippen LogP contribution in [0.1, 0.15) is 42.4 Å². The SMILES string of the molecule is CC(=O)OC[C@H]1O[C@@H](n2cc(C(=O)NCc3cccc4ccccc34)c(=O)[nH]c2=O)C[C@@H]1OC(C)=O. The number of nitrogens with one attached hydrogen (secondary N) is 2. The second-order valence-electron chi connectivity index (χ2n) is 8.35. The van der Waals surface area contributed by atoms with Gasteiger partial charge in [-0.1, -0.05) is 42.5 Å². The lowest BCUT2D eigenvalue weighted by atomic mass is 10.0. The smallest absolute Gasteiger partial charge is 0.330 e. The van der Waals surface area contributed by atoms with E-state index in [1.54, 1.807) is 0 Å². The van der Waals surface area contributed by atoms with Gasteiger partial charge in [0.1, 0.15) is 30.6 Å². The molecule has 1 fully saturated rings. The number of benzene rings is 2. The predicted molar refractivity (Wildman–Crippen MR) is 127 cm³/mol. The van der Waals surface area contributed by atoms with Gasteiger partial charge in [0.25, 0.3) is 11.5 Å². The molecule has 3 aromatic rings. The monoisotopic (exact) mass is 495 g/mol. The molecule has 1 aliphatic heterocycles. The Morgan fingerprint density at radius 2 is 1.83 bits per heavy atom. The van der Waals surface area contributed by atoms with Crippen molar-refractivity contribution < 1.29 is 28.6 Å². The highest BCUT2D eigenvalue weighted by molar-refractivity contribution is 5.94. The van der Waals surface area contributed by atoms with Crippen molar-refractivity contribution in [1.82, 2.24) is 14.9 Å². The van der Waals surface area contributed by atoms with Crippen LogP contribution in [0.15, 0.2) is 58.3 Å². The highest BCUT2D eigenvalue weighted by Gasteiger charge is 2.40. The number of esters is 2. The Labute approximate surface area is 205 Å². The third-order valence-electron chi connectivity index (χ3n) is 5.79. The number of rotatable bonds is 7. The molecule has 1 saturated heterocycles. The van der Waals surface area contributed by atoms with Gasteiger partial charge < -0.3 is 19.5 Å². The lowest BCUT2D eigenvalue weighted by Gasteiger charge is -2.17. The summed E-state index contributed by atoms with van der Waals surface area (Å²) in [7, 11) is 0. The summed E-state index contributed by atoms with van der Waals surface area (Å²) in [4.78, 5) is 62.7. The molecule has 3 atom stereocenters. The van der Waals surface area contributed by atoms with E-state index in [4.69, 9.17) is 14.2 Å². The van der Waals surface area contributed by atoms with Crippen molar-refractivity contribution in [2.75, 3.05) is 6.61 Å². The number of aromatic nitrogens is 2. The van der Waals surface area contributed by atoms with E-state index in [0.717, 1.165) is 27.1 Å². The van der Waals surface area contributed by atoms with Crippen LogP contribution < -0.4 is 16.6 Å². The maximum absolute atomic E-state index is 12.9. The Morgan fingerprint density at radius 1 is 1.08 bits per heavy atom. The van der Waals surface area contributed by atoms with E-state index < -0.39 is 47.5 Å². The summed E-state index contributed by atoms with van der Waals surface area (Å²) in [6.07, 6.45) is -1.43. The van der Waals surface area contributed by atoms with E-state index in [-0.39, 0.29) is 25.1 Å². The molecule has 0 radical (unpaired) electrons. The Bertz CT molecular complexity index is 1420. The number of fused-ring (bicyclic) bond motifs is 1. The lowest BCUT2D eigenvalue weighted by molar-refractivity contribution is -0.155. The summed E-state index contributed by atoms with van der Waals surface area (Å²) in [6.45, 7) is 2.42. The average Bonchev–Trinajstić information content (AvgIpc) is 3.22. The molecule has 4 rings (SSSR count).